The number of hydrogen-bond acceptors (Lipinski definition) is 12. The predicted molar refractivity (Wildman–Crippen MR) is 273 cm³/mol. The van der Waals surface area contributed by atoms with Gasteiger partial charge in [0.25, 0.3) is 0 Å². The Bertz CT molecular complexity index is 1960. The highest BCUT2D eigenvalue weighted by atomic mass is 35.5. The first kappa shape index (κ1) is 57.7. The Morgan fingerprint density at radius 2 is 1.33 bits per heavy atom. The first-order valence-electron chi connectivity index (χ1n) is 25.4. The fourth-order valence-corrected chi connectivity index (χ4v) is 8.89. The average molecular weight is 998 g/mol. The normalized spacial score (nSPS) is 14.3. The largest absolute Gasteiger partial charge is 0.493 e. The average Bonchev–Trinajstić information content (AvgIpc) is 3.39. The number of hydrogen-bond donors (Lipinski definition) is 1. The molecule has 1 N–H and O–H groups in total. The van der Waals surface area contributed by atoms with Gasteiger partial charge in [-0.15, -0.1) is 11.6 Å². The summed E-state index contributed by atoms with van der Waals surface area (Å²) in [5.74, 6) is 2.71. The number of unbranched alkanes of at least 4 members (excludes halogenated alkanes) is 7. The second-order valence-electron chi connectivity index (χ2n) is 17.6. The SMILES string of the molecule is CC[C@H](C(=O)N1CCCC[C@H]1C(=O)O[C@H](CCc1ccc(OC)c(OC)c1)c1cccc(OCCNC(=O)CCCCCOCCCCCOCCCCCCCl)c1)c1cc(OC)c(OC)c(OC)c1. The van der Waals surface area contributed by atoms with Gasteiger partial charge in [0, 0.05) is 45.3 Å². The van der Waals surface area contributed by atoms with Gasteiger partial charge in [0.05, 0.1) is 48.0 Å². The van der Waals surface area contributed by atoms with Crippen molar-refractivity contribution in [2.45, 2.75) is 134 Å². The number of nitrogens with zero attached hydrogens (tertiary/aromatic N) is 1. The molecule has 15 heteroatoms. The summed E-state index contributed by atoms with van der Waals surface area (Å²) in [4.78, 5) is 43.2. The molecule has 4 rings (SSSR count). The van der Waals surface area contributed by atoms with Gasteiger partial charge < -0.3 is 52.8 Å². The summed E-state index contributed by atoms with van der Waals surface area (Å²) < 4.78 is 51.8. The van der Waals surface area contributed by atoms with E-state index in [1.54, 1.807) is 45.5 Å². The molecule has 0 unspecified atom stereocenters. The van der Waals surface area contributed by atoms with Crippen LogP contribution in [0.4, 0.5) is 0 Å². The number of esters is 1. The number of halogens is 1. The van der Waals surface area contributed by atoms with E-state index < -0.39 is 24.0 Å². The molecule has 0 bridgehead atoms. The monoisotopic (exact) mass is 997 g/mol. The maximum Gasteiger partial charge on any atom is 0.329 e. The van der Waals surface area contributed by atoms with Crippen molar-refractivity contribution < 1.29 is 57.0 Å². The van der Waals surface area contributed by atoms with E-state index in [-0.39, 0.29) is 18.4 Å². The number of carbonyl (C=O) groups excluding carboxylic acids is 3. The standard InChI is InChI=1S/C55H81ClN2O12/c1-7-45(43-39-50(64-4)53(66-6)51(40-43)65-5)54(60)58-31-15-13-23-46(58)55(61)70-47(27-25-41-26-28-48(62-2)49(37-41)63-3)42-21-20-22-44(38-42)69-36-30-57-52(59)24-12-10-17-33-68-35-19-11-18-34-67-32-16-9-8-14-29-56/h20-22,26,28,37-40,45-47H,7-19,23-25,27,29-36H2,1-6H3,(H,57,59)/t45-,46-,47+/m0/s1. The number of methoxy groups -OCH3 is 5. The lowest BCUT2D eigenvalue weighted by Gasteiger charge is -2.37. The molecule has 1 aliphatic rings. The van der Waals surface area contributed by atoms with Gasteiger partial charge in [-0.2, -0.15) is 0 Å². The summed E-state index contributed by atoms with van der Waals surface area (Å²) in [7, 11) is 7.81. The number of aryl methyl sites for hydroxylation is 1. The van der Waals surface area contributed by atoms with Crippen LogP contribution in [0.15, 0.2) is 54.6 Å². The molecule has 1 saturated heterocycles. The molecule has 0 radical (unpaired) electrons. The highest BCUT2D eigenvalue weighted by Gasteiger charge is 2.38. The van der Waals surface area contributed by atoms with Crippen LogP contribution in [0.25, 0.3) is 0 Å². The Balaban J connectivity index is 1.30. The molecule has 1 heterocycles. The lowest BCUT2D eigenvalue weighted by atomic mass is 9.91. The third-order valence-corrected chi connectivity index (χ3v) is 12.9. The van der Waals surface area contributed by atoms with Gasteiger partial charge in [-0.25, -0.2) is 4.79 Å². The van der Waals surface area contributed by atoms with Crippen molar-refractivity contribution in [3.8, 4) is 34.5 Å². The highest BCUT2D eigenvalue weighted by Crippen LogP contribution is 2.42. The van der Waals surface area contributed by atoms with E-state index in [0.717, 1.165) is 101 Å². The van der Waals surface area contributed by atoms with Crippen molar-refractivity contribution >= 4 is 29.4 Å². The molecule has 0 aromatic heterocycles. The molecule has 0 spiro atoms. The van der Waals surface area contributed by atoms with Gasteiger partial charge in [-0.3, -0.25) is 9.59 Å². The second kappa shape index (κ2) is 33.6. The van der Waals surface area contributed by atoms with Gasteiger partial charge in [0.15, 0.2) is 23.0 Å². The smallest absolute Gasteiger partial charge is 0.329 e. The molecule has 2 amide bonds. The van der Waals surface area contributed by atoms with Crippen LogP contribution in [0.3, 0.4) is 0 Å². The number of ether oxygens (including phenoxy) is 9. The molecule has 70 heavy (non-hydrogen) atoms. The number of alkyl halides is 1. The van der Waals surface area contributed by atoms with Crippen LogP contribution in [0.5, 0.6) is 34.5 Å². The Kier molecular flexibility index (Phi) is 27.7. The molecule has 3 aromatic rings. The van der Waals surface area contributed by atoms with Crippen molar-refractivity contribution in [3.63, 3.8) is 0 Å². The Hall–Kier alpha value is -4.92. The molecule has 3 aromatic carbocycles. The van der Waals surface area contributed by atoms with E-state index in [1.807, 2.05) is 49.4 Å². The van der Waals surface area contributed by atoms with Gasteiger partial charge in [-0.1, -0.05) is 44.4 Å². The molecule has 0 saturated carbocycles. The summed E-state index contributed by atoms with van der Waals surface area (Å²) in [5.41, 5.74) is 2.44. The maximum absolute atomic E-state index is 14.5. The first-order chi connectivity index (χ1) is 34.2. The molecule has 0 aliphatic carbocycles. The van der Waals surface area contributed by atoms with Gasteiger partial charge in [-0.05, 0) is 137 Å². The molecular weight excluding hydrogens is 916 g/mol. The molecule has 14 nitrogen and oxygen atoms in total. The molecule has 1 fully saturated rings. The van der Waals surface area contributed by atoms with E-state index >= 15 is 0 Å². The van der Waals surface area contributed by atoms with Crippen LogP contribution in [0.2, 0.25) is 0 Å². The zero-order valence-corrected chi connectivity index (χ0v) is 43.6. The minimum atomic E-state index is -0.768. The Morgan fingerprint density at radius 3 is 1.96 bits per heavy atom. The third kappa shape index (κ3) is 19.4. The van der Waals surface area contributed by atoms with Crippen LogP contribution >= 0.6 is 11.6 Å². The number of likely N-dealkylation sites (tertiary alicyclic amines) is 1. The number of nitrogens with one attached hydrogen (secondary N) is 1. The van der Waals surface area contributed by atoms with Crippen LogP contribution in [0.1, 0.15) is 138 Å². The molecule has 390 valence electrons. The maximum atomic E-state index is 14.5. The summed E-state index contributed by atoms with van der Waals surface area (Å²) in [6.45, 7) is 6.11. The molecular formula is C55H81ClN2O12. The zero-order valence-electron chi connectivity index (χ0n) is 42.8. The summed E-state index contributed by atoms with van der Waals surface area (Å²) in [6.07, 6.45) is 13.7. The van der Waals surface area contributed by atoms with Gasteiger partial charge in [0.1, 0.15) is 24.5 Å². The minimum Gasteiger partial charge on any atom is -0.493 e. The minimum absolute atomic E-state index is 0.0122. The van der Waals surface area contributed by atoms with Gasteiger partial charge in [0.2, 0.25) is 17.6 Å². The summed E-state index contributed by atoms with van der Waals surface area (Å²) >= 11 is 5.72. The fourth-order valence-electron chi connectivity index (χ4n) is 8.70. The fraction of sp³-hybridized carbons (Fsp3) is 0.618. The van der Waals surface area contributed by atoms with E-state index in [0.29, 0.717) is 91.9 Å². The van der Waals surface area contributed by atoms with Crippen LogP contribution in [0, 0.1) is 0 Å². The van der Waals surface area contributed by atoms with Crippen molar-refractivity contribution in [2.24, 2.45) is 0 Å². The van der Waals surface area contributed by atoms with Crippen molar-refractivity contribution in [3.05, 3.63) is 71.3 Å². The third-order valence-electron chi connectivity index (χ3n) is 12.6. The van der Waals surface area contributed by atoms with Crippen LogP contribution in [-0.4, -0.2) is 116 Å². The lowest BCUT2D eigenvalue weighted by Crippen LogP contribution is -2.50. The number of amides is 2. The predicted octanol–water partition coefficient (Wildman–Crippen LogP) is 10.6. The zero-order chi connectivity index (χ0) is 50.4. The number of benzene rings is 3. The van der Waals surface area contributed by atoms with E-state index in [4.69, 9.17) is 54.2 Å². The van der Waals surface area contributed by atoms with E-state index in [2.05, 4.69) is 5.32 Å². The lowest BCUT2D eigenvalue weighted by molar-refractivity contribution is -0.162. The second-order valence-corrected chi connectivity index (χ2v) is 18.0. The van der Waals surface area contributed by atoms with E-state index in [1.165, 1.54) is 20.0 Å². The Morgan fingerprint density at radius 1 is 0.686 bits per heavy atom. The molecule has 1 aliphatic heterocycles. The van der Waals surface area contributed by atoms with Gasteiger partial charge >= 0.3 is 5.97 Å². The number of rotatable bonds is 36. The first-order valence-corrected chi connectivity index (χ1v) is 26.0. The van der Waals surface area contributed by atoms with E-state index in [9.17, 15) is 14.4 Å². The topological polar surface area (TPSA) is 150 Å². The summed E-state index contributed by atoms with van der Waals surface area (Å²) in [5, 5.41) is 2.97. The van der Waals surface area contributed by atoms with Crippen molar-refractivity contribution in [1.29, 1.82) is 0 Å². The number of carbonyl (C=O) groups is 3. The molecule has 3 atom stereocenters. The highest BCUT2D eigenvalue weighted by molar-refractivity contribution is 6.17. The summed E-state index contributed by atoms with van der Waals surface area (Å²) in [6, 6.07) is 16.1. The van der Waals surface area contributed by atoms with Crippen LogP contribution in [-0.2, 0) is 35.0 Å². The van der Waals surface area contributed by atoms with Crippen molar-refractivity contribution in [1.82, 2.24) is 10.2 Å². The quantitative estimate of drug-likeness (QED) is 0.0336. The number of piperidine rings is 1. The van der Waals surface area contributed by atoms with Crippen molar-refractivity contribution in [2.75, 3.05) is 87.6 Å². The van der Waals surface area contributed by atoms with Crippen LogP contribution < -0.4 is 33.7 Å². The Labute approximate surface area is 422 Å².